The third kappa shape index (κ3) is 3.30. The Labute approximate surface area is 166 Å². The number of aromatic nitrogens is 3. The zero-order valence-corrected chi connectivity index (χ0v) is 15.9. The number of pyridine rings is 1. The number of nitrogens with two attached hydrogens (primary N) is 1. The molecule has 0 radical (unpaired) electrons. The molecule has 4 rings (SSSR count). The number of hydrogen-bond donors (Lipinski definition) is 2. The lowest BCUT2D eigenvalue weighted by Crippen LogP contribution is -2.25. The molecule has 28 heavy (non-hydrogen) atoms. The number of fused-ring (bicyclic) bond motifs is 1. The summed E-state index contributed by atoms with van der Waals surface area (Å²) in [5.74, 6) is 0.952. The Hall–Kier alpha value is -3.38. The Bertz CT molecular complexity index is 1210. The van der Waals surface area contributed by atoms with Crippen LogP contribution in [0.15, 0.2) is 71.8 Å². The van der Waals surface area contributed by atoms with E-state index < -0.39 is 0 Å². The summed E-state index contributed by atoms with van der Waals surface area (Å²) >= 11 is 6.34. The monoisotopic (exact) mass is 391 g/mol. The zero-order valence-electron chi connectivity index (χ0n) is 15.1. The van der Waals surface area contributed by atoms with E-state index in [4.69, 9.17) is 17.3 Å². The van der Waals surface area contributed by atoms with Crippen LogP contribution in [0, 0.1) is 0 Å². The maximum absolute atomic E-state index is 13.4. The Kier molecular flexibility index (Phi) is 4.71. The molecule has 140 valence electrons. The Morgan fingerprint density at radius 3 is 2.61 bits per heavy atom. The highest BCUT2D eigenvalue weighted by Gasteiger charge is 2.18. The number of hydrogen-bond acceptors (Lipinski definition) is 5. The van der Waals surface area contributed by atoms with Gasteiger partial charge in [0.1, 0.15) is 18.0 Å². The Morgan fingerprint density at radius 1 is 1.07 bits per heavy atom. The van der Waals surface area contributed by atoms with Crippen molar-refractivity contribution in [1.29, 1.82) is 0 Å². The first-order valence-electron chi connectivity index (χ1n) is 8.78. The molecule has 4 aromatic rings. The zero-order chi connectivity index (χ0) is 19.7. The molecule has 0 aliphatic rings. The van der Waals surface area contributed by atoms with Crippen molar-refractivity contribution >= 4 is 34.0 Å². The van der Waals surface area contributed by atoms with Crippen molar-refractivity contribution in [2.75, 3.05) is 11.1 Å². The highest BCUT2D eigenvalue weighted by Crippen LogP contribution is 2.26. The van der Waals surface area contributed by atoms with Gasteiger partial charge in [0.2, 0.25) is 0 Å². The molecule has 2 aromatic heterocycles. The van der Waals surface area contributed by atoms with Crippen molar-refractivity contribution in [3.8, 4) is 5.69 Å². The molecule has 0 saturated heterocycles. The number of nitrogen functional groups attached to an aromatic ring is 1. The van der Waals surface area contributed by atoms with Crippen LogP contribution in [0.3, 0.4) is 0 Å². The largest absolute Gasteiger partial charge is 0.384 e. The second-order valence-corrected chi connectivity index (χ2v) is 6.85. The number of nitrogens with zero attached hydrogens (tertiary/aromatic N) is 3. The number of anilines is 2. The lowest BCUT2D eigenvalue weighted by molar-refractivity contribution is 0.773. The smallest absolute Gasteiger partial charge is 0.264 e. The van der Waals surface area contributed by atoms with Crippen molar-refractivity contribution in [3.63, 3.8) is 0 Å². The van der Waals surface area contributed by atoms with Crippen molar-refractivity contribution in [2.45, 2.75) is 13.0 Å². The molecule has 6 nitrogen and oxygen atoms in total. The summed E-state index contributed by atoms with van der Waals surface area (Å²) in [5.41, 5.74) is 7.13. The van der Waals surface area contributed by atoms with Crippen LogP contribution >= 0.6 is 11.6 Å². The third-order valence-electron chi connectivity index (χ3n) is 4.54. The molecule has 1 atom stereocenters. The molecule has 0 fully saturated rings. The number of benzene rings is 2. The molecule has 0 amide bonds. The topological polar surface area (TPSA) is 85.8 Å². The van der Waals surface area contributed by atoms with Crippen LogP contribution in [-0.2, 0) is 0 Å². The fourth-order valence-electron chi connectivity index (χ4n) is 3.25. The SMILES string of the molecule is CC(Nc1cc(N)ncn1)c1cc2cccc(Cl)c2c(=O)n1-c1ccccc1. The minimum atomic E-state index is -0.231. The normalized spacial score (nSPS) is 12.1. The van der Waals surface area contributed by atoms with Gasteiger partial charge in [-0.2, -0.15) is 0 Å². The molecule has 0 spiro atoms. The minimum Gasteiger partial charge on any atom is -0.384 e. The average molecular weight is 392 g/mol. The van der Waals surface area contributed by atoms with Crippen LogP contribution in [0.25, 0.3) is 16.5 Å². The number of halogens is 1. The number of nitrogens with one attached hydrogen (secondary N) is 1. The van der Waals surface area contributed by atoms with Gasteiger partial charge in [0.25, 0.3) is 5.56 Å². The van der Waals surface area contributed by atoms with Crippen LogP contribution in [-0.4, -0.2) is 14.5 Å². The maximum atomic E-state index is 13.4. The van der Waals surface area contributed by atoms with Gasteiger partial charge in [-0.3, -0.25) is 9.36 Å². The summed E-state index contributed by atoms with van der Waals surface area (Å²) in [6.45, 7) is 1.96. The van der Waals surface area contributed by atoms with Crippen LogP contribution < -0.4 is 16.6 Å². The number of para-hydroxylation sites is 1. The van der Waals surface area contributed by atoms with Gasteiger partial charge in [-0.15, -0.1) is 0 Å². The molecule has 0 bridgehead atoms. The number of rotatable bonds is 4. The first-order valence-corrected chi connectivity index (χ1v) is 9.16. The summed E-state index contributed by atoms with van der Waals surface area (Å²) in [6, 6.07) is 18.3. The van der Waals surface area contributed by atoms with Gasteiger partial charge in [0.15, 0.2) is 0 Å². The van der Waals surface area contributed by atoms with E-state index in [0.717, 1.165) is 16.8 Å². The van der Waals surface area contributed by atoms with Crippen molar-refractivity contribution in [3.05, 3.63) is 88.1 Å². The van der Waals surface area contributed by atoms with E-state index in [1.807, 2.05) is 55.5 Å². The van der Waals surface area contributed by atoms with Gasteiger partial charge in [-0.25, -0.2) is 9.97 Å². The minimum absolute atomic E-state index is 0.167. The lowest BCUT2D eigenvalue weighted by atomic mass is 10.1. The molecule has 3 N–H and O–H groups in total. The van der Waals surface area contributed by atoms with Crippen molar-refractivity contribution in [1.82, 2.24) is 14.5 Å². The standard InChI is InChI=1S/C21H18ClN5O/c1-13(26-19-11-18(23)24-12-25-19)17-10-14-6-5-9-16(22)20(14)21(28)27(17)15-7-3-2-4-8-15/h2-13H,1H3,(H3,23,24,25,26). The maximum Gasteiger partial charge on any atom is 0.264 e. The van der Waals surface area contributed by atoms with E-state index in [1.165, 1.54) is 6.33 Å². The summed E-state index contributed by atoms with van der Waals surface area (Å²) in [7, 11) is 0. The van der Waals surface area contributed by atoms with Gasteiger partial charge >= 0.3 is 0 Å². The highest BCUT2D eigenvalue weighted by atomic mass is 35.5. The van der Waals surface area contributed by atoms with Gasteiger partial charge in [0, 0.05) is 17.4 Å². The van der Waals surface area contributed by atoms with Crippen molar-refractivity contribution < 1.29 is 0 Å². The van der Waals surface area contributed by atoms with E-state index in [1.54, 1.807) is 16.7 Å². The third-order valence-corrected chi connectivity index (χ3v) is 4.85. The predicted octanol–water partition coefficient (Wildman–Crippen LogP) is 4.19. The summed E-state index contributed by atoms with van der Waals surface area (Å²) in [4.78, 5) is 21.5. The van der Waals surface area contributed by atoms with Crippen LogP contribution in [0.5, 0.6) is 0 Å². The second kappa shape index (κ2) is 7.32. The fourth-order valence-corrected chi connectivity index (χ4v) is 3.51. The van der Waals surface area contributed by atoms with Crippen LogP contribution in [0.2, 0.25) is 5.02 Å². The molecule has 7 heteroatoms. The predicted molar refractivity (Wildman–Crippen MR) is 113 cm³/mol. The molecule has 0 saturated carbocycles. The van der Waals surface area contributed by atoms with Gasteiger partial charge < -0.3 is 11.1 Å². The van der Waals surface area contributed by atoms with E-state index in [-0.39, 0.29) is 11.6 Å². The highest BCUT2D eigenvalue weighted by molar-refractivity contribution is 6.35. The first-order chi connectivity index (χ1) is 13.5. The summed E-state index contributed by atoms with van der Waals surface area (Å²) in [6.07, 6.45) is 1.40. The first kappa shape index (κ1) is 18.0. The molecule has 2 heterocycles. The Balaban J connectivity index is 1.92. The average Bonchev–Trinajstić information content (AvgIpc) is 2.68. The Morgan fingerprint density at radius 2 is 1.86 bits per heavy atom. The summed E-state index contributed by atoms with van der Waals surface area (Å²) < 4.78 is 1.68. The molecule has 1 unspecified atom stereocenters. The van der Waals surface area contributed by atoms with E-state index >= 15 is 0 Å². The van der Waals surface area contributed by atoms with E-state index in [0.29, 0.717) is 22.0 Å². The lowest BCUT2D eigenvalue weighted by Gasteiger charge is -2.21. The van der Waals surface area contributed by atoms with Gasteiger partial charge in [0.05, 0.1) is 16.5 Å². The van der Waals surface area contributed by atoms with E-state index in [9.17, 15) is 4.79 Å². The molecule has 0 aliphatic carbocycles. The quantitative estimate of drug-likeness (QED) is 0.544. The second-order valence-electron chi connectivity index (χ2n) is 6.44. The molecule has 2 aromatic carbocycles. The fraction of sp³-hybridized carbons (Fsp3) is 0.0952. The van der Waals surface area contributed by atoms with Gasteiger partial charge in [-0.1, -0.05) is 41.9 Å². The molecular formula is C21H18ClN5O. The molecular weight excluding hydrogens is 374 g/mol. The molecule has 0 aliphatic heterocycles. The van der Waals surface area contributed by atoms with Crippen LogP contribution in [0.1, 0.15) is 18.7 Å². The van der Waals surface area contributed by atoms with E-state index in [2.05, 4.69) is 15.3 Å². The van der Waals surface area contributed by atoms with Crippen LogP contribution in [0.4, 0.5) is 11.6 Å². The van der Waals surface area contributed by atoms with Gasteiger partial charge in [-0.05, 0) is 36.6 Å². The summed E-state index contributed by atoms with van der Waals surface area (Å²) in [5, 5.41) is 5.01. The van der Waals surface area contributed by atoms with Crippen molar-refractivity contribution in [2.24, 2.45) is 0 Å².